The predicted molar refractivity (Wildman–Crippen MR) is 69.8 cm³/mol. The minimum Gasteiger partial charge on any atom is -0.301 e. The van der Waals surface area contributed by atoms with Gasteiger partial charge in [-0.3, -0.25) is 4.52 Å². The Kier molecular flexibility index (Phi) is 12.1. The van der Waals surface area contributed by atoms with Gasteiger partial charge in [0.1, 0.15) is 0 Å². The summed E-state index contributed by atoms with van der Waals surface area (Å²) < 4.78 is 29.2. The molecule has 1 N–H and O–H groups in total. The highest BCUT2D eigenvalue weighted by Gasteiger charge is 2.20. The molecule has 0 aromatic rings. The average molecular weight is 284 g/mol. The molecule has 18 heavy (non-hydrogen) atoms. The van der Waals surface area contributed by atoms with E-state index < -0.39 is 7.82 Å². The van der Waals surface area contributed by atoms with Gasteiger partial charge in [-0.05, 0) is 10.9 Å². The summed E-state index contributed by atoms with van der Waals surface area (Å²) in [4.78, 5) is 8.60. The number of unbranched alkanes of at least 4 members (excludes halogenated alkanes) is 9. The molecule has 0 aromatic heterocycles. The lowest BCUT2D eigenvalue weighted by Crippen LogP contribution is -1.93. The number of halogens is 1. The highest BCUT2D eigenvalue weighted by atomic mass is 31.2. The molecule has 0 aliphatic heterocycles. The Morgan fingerprint density at radius 1 is 0.944 bits per heavy atom. The van der Waals surface area contributed by atoms with Crippen LogP contribution in [0.4, 0.5) is 4.53 Å². The van der Waals surface area contributed by atoms with Gasteiger partial charge in [-0.1, -0.05) is 69.4 Å². The van der Waals surface area contributed by atoms with Crippen molar-refractivity contribution in [1.29, 1.82) is 0 Å². The fraction of sp³-hybridized carbons (Fsp3) is 1.00. The van der Waals surface area contributed by atoms with E-state index in [4.69, 9.17) is 4.89 Å². The fourth-order valence-electron chi connectivity index (χ4n) is 1.79. The Morgan fingerprint density at radius 2 is 1.39 bits per heavy atom. The number of hydrogen-bond donors (Lipinski definition) is 1. The van der Waals surface area contributed by atoms with E-state index in [0.29, 0.717) is 6.42 Å². The molecule has 0 aliphatic carbocycles. The first-order valence-electron chi connectivity index (χ1n) is 6.90. The third kappa shape index (κ3) is 12.5. The normalized spacial score (nSPS) is 14.6. The topological polar surface area (TPSA) is 55.8 Å². The number of phosphoric ester groups is 1. The Hall–Kier alpha value is 0.0400. The number of rotatable bonds is 13. The van der Waals surface area contributed by atoms with E-state index in [9.17, 15) is 9.09 Å². The maximum absolute atomic E-state index is 11.4. The van der Waals surface area contributed by atoms with E-state index in [1.165, 1.54) is 44.9 Å². The maximum atomic E-state index is 11.4. The molecule has 0 fully saturated rings. The minimum atomic E-state index is -4.42. The van der Waals surface area contributed by atoms with Crippen LogP contribution in [0.25, 0.3) is 0 Å². The van der Waals surface area contributed by atoms with Crippen molar-refractivity contribution in [2.75, 3.05) is 6.61 Å². The van der Waals surface area contributed by atoms with Gasteiger partial charge < -0.3 is 4.89 Å². The lowest BCUT2D eigenvalue weighted by Gasteiger charge is -2.06. The summed E-state index contributed by atoms with van der Waals surface area (Å²) in [5.41, 5.74) is 0. The molecule has 0 amide bonds. The molecule has 0 saturated carbocycles. The molecule has 0 heterocycles. The van der Waals surface area contributed by atoms with Crippen molar-refractivity contribution >= 4 is 7.82 Å². The summed E-state index contributed by atoms with van der Waals surface area (Å²) in [7, 11) is -4.42. The van der Waals surface area contributed by atoms with Gasteiger partial charge in [0, 0.05) is 0 Å². The van der Waals surface area contributed by atoms with Crippen LogP contribution in [0.2, 0.25) is 0 Å². The zero-order valence-electron chi connectivity index (χ0n) is 11.3. The van der Waals surface area contributed by atoms with Crippen LogP contribution in [0.1, 0.15) is 71.1 Å². The molecule has 4 nitrogen and oxygen atoms in total. The number of hydrogen-bond acceptors (Lipinski definition) is 3. The van der Waals surface area contributed by atoms with Crippen LogP contribution in [0.3, 0.4) is 0 Å². The quantitative estimate of drug-likeness (QED) is 0.385. The van der Waals surface area contributed by atoms with E-state index in [-0.39, 0.29) is 6.61 Å². The van der Waals surface area contributed by atoms with Gasteiger partial charge in [-0.15, -0.1) is 0 Å². The van der Waals surface area contributed by atoms with E-state index in [0.717, 1.165) is 12.8 Å². The van der Waals surface area contributed by atoms with Crippen molar-refractivity contribution in [2.24, 2.45) is 0 Å². The zero-order valence-corrected chi connectivity index (χ0v) is 12.2. The Bertz CT molecular complexity index is 226. The van der Waals surface area contributed by atoms with Crippen molar-refractivity contribution < 1.29 is 23.2 Å². The zero-order chi connectivity index (χ0) is 13.7. The van der Waals surface area contributed by atoms with Crippen LogP contribution in [0.5, 0.6) is 0 Å². The number of phosphoric acid groups is 1. The average Bonchev–Trinajstić information content (AvgIpc) is 2.36. The molecule has 0 rings (SSSR count). The van der Waals surface area contributed by atoms with Crippen LogP contribution in [-0.4, -0.2) is 11.5 Å². The second kappa shape index (κ2) is 12.1. The smallest absolute Gasteiger partial charge is 0.301 e. The second-order valence-corrected chi connectivity index (χ2v) is 5.89. The summed E-state index contributed by atoms with van der Waals surface area (Å²) in [5.74, 6) is 0. The first kappa shape index (κ1) is 18.0. The van der Waals surface area contributed by atoms with Crippen molar-refractivity contribution in [3.8, 4) is 0 Å². The molecule has 110 valence electrons. The molecule has 0 aliphatic rings. The van der Waals surface area contributed by atoms with Crippen LogP contribution >= 0.6 is 7.82 Å². The van der Waals surface area contributed by atoms with Crippen molar-refractivity contribution in [2.45, 2.75) is 71.1 Å². The van der Waals surface area contributed by atoms with Gasteiger partial charge in [0.05, 0.1) is 6.61 Å². The van der Waals surface area contributed by atoms with Gasteiger partial charge in [0.15, 0.2) is 0 Å². The molecule has 0 saturated heterocycles. The molecule has 1 unspecified atom stereocenters. The summed E-state index contributed by atoms with van der Waals surface area (Å²) in [6.45, 7) is 2.27. The molecular formula is C12H26FO4P. The molecule has 6 heteroatoms. The van der Waals surface area contributed by atoms with Crippen molar-refractivity contribution in [1.82, 2.24) is 0 Å². The van der Waals surface area contributed by atoms with Crippen molar-refractivity contribution in [3.05, 3.63) is 0 Å². The lowest BCUT2D eigenvalue weighted by molar-refractivity contribution is -0.0480. The van der Waals surface area contributed by atoms with Gasteiger partial charge in [0.25, 0.3) is 0 Å². The predicted octanol–water partition coefficient (Wildman–Crippen LogP) is 4.93. The van der Waals surface area contributed by atoms with Gasteiger partial charge >= 0.3 is 7.82 Å². The van der Waals surface area contributed by atoms with Crippen LogP contribution in [0, 0.1) is 0 Å². The Balaban J connectivity index is 3.10. The standard InChI is InChI=1S/C12H26FO4P/c1-2-3-4-5-6-7-8-9-10-11-12-16-18(14,15)17-13/h2-12H2,1H3,(H,14,15). The van der Waals surface area contributed by atoms with Crippen LogP contribution < -0.4 is 0 Å². The lowest BCUT2D eigenvalue weighted by atomic mass is 10.1. The van der Waals surface area contributed by atoms with E-state index in [1.54, 1.807) is 0 Å². The molecule has 1 atom stereocenters. The minimum absolute atomic E-state index is 0.0637. The van der Waals surface area contributed by atoms with Gasteiger partial charge in [0.2, 0.25) is 0 Å². The molecule has 0 aromatic carbocycles. The summed E-state index contributed by atoms with van der Waals surface area (Å²) in [6.07, 6.45) is 11.6. The Morgan fingerprint density at radius 3 is 1.83 bits per heavy atom. The largest absolute Gasteiger partial charge is 0.503 e. The first-order chi connectivity index (χ1) is 8.62. The van der Waals surface area contributed by atoms with Gasteiger partial charge in [-0.2, -0.15) is 0 Å². The maximum Gasteiger partial charge on any atom is 0.503 e. The molecule has 0 radical (unpaired) electrons. The van der Waals surface area contributed by atoms with Crippen LogP contribution in [0.15, 0.2) is 0 Å². The third-order valence-corrected chi connectivity index (χ3v) is 3.52. The fourth-order valence-corrected chi connectivity index (χ4v) is 2.19. The van der Waals surface area contributed by atoms with Crippen molar-refractivity contribution in [3.63, 3.8) is 0 Å². The van der Waals surface area contributed by atoms with E-state index >= 15 is 0 Å². The second-order valence-electron chi connectivity index (χ2n) is 4.55. The highest BCUT2D eigenvalue weighted by Crippen LogP contribution is 2.43. The SMILES string of the molecule is CCCCCCCCCCCCOP(=O)(O)OF. The van der Waals surface area contributed by atoms with E-state index in [1.807, 2.05) is 0 Å². The van der Waals surface area contributed by atoms with Crippen LogP contribution in [-0.2, 0) is 13.8 Å². The molecule has 0 bridgehead atoms. The first-order valence-corrected chi connectivity index (χ1v) is 8.39. The summed E-state index contributed by atoms with van der Waals surface area (Å²) >= 11 is 0. The third-order valence-electron chi connectivity index (χ3n) is 2.84. The summed E-state index contributed by atoms with van der Waals surface area (Å²) in [6, 6.07) is 0. The Labute approximate surface area is 109 Å². The van der Waals surface area contributed by atoms with E-state index in [2.05, 4.69) is 16.2 Å². The molecular weight excluding hydrogens is 258 g/mol. The molecule has 0 spiro atoms. The monoisotopic (exact) mass is 284 g/mol. The highest BCUT2D eigenvalue weighted by molar-refractivity contribution is 7.47. The summed E-state index contributed by atoms with van der Waals surface area (Å²) in [5, 5.41) is 0. The van der Waals surface area contributed by atoms with Gasteiger partial charge in [-0.25, -0.2) is 4.57 Å².